The first kappa shape index (κ1) is 9.60. The topological polar surface area (TPSA) is 12.0 Å². The van der Waals surface area contributed by atoms with Gasteiger partial charge in [0.2, 0.25) is 0 Å². The first-order chi connectivity index (χ1) is 3.39. The molecule has 1 radical (unpaired) electrons. The van der Waals surface area contributed by atoms with Gasteiger partial charge < -0.3 is 5.32 Å². The Balaban J connectivity index is 0.000000490. The van der Waals surface area contributed by atoms with Gasteiger partial charge in [0.05, 0.1) is 0 Å². The fourth-order valence-electron chi connectivity index (χ4n) is 1.03. The van der Waals surface area contributed by atoms with Crippen LogP contribution in [0.2, 0.25) is 0 Å². The maximum absolute atomic E-state index is 3.33. The largest absolute Gasteiger partial charge is 0.316 e. The molecule has 0 spiro atoms. The fourth-order valence-corrected chi connectivity index (χ4v) is 1.03. The van der Waals surface area contributed by atoms with Gasteiger partial charge in [-0.15, -0.1) is 0 Å². The molecule has 2 heteroatoms. The second-order valence-corrected chi connectivity index (χ2v) is 2.45. The van der Waals surface area contributed by atoms with Crippen LogP contribution < -0.4 is 5.32 Å². The van der Waals surface area contributed by atoms with Crippen molar-refractivity contribution in [3.05, 3.63) is 0 Å². The van der Waals surface area contributed by atoms with Gasteiger partial charge >= 0.3 is 0 Å². The van der Waals surface area contributed by atoms with Crippen molar-refractivity contribution in [3.63, 3.8) is 0 Å². The summed E-state index contributed by atoms with van der Waals surface area (Å²) in [7, 11) is 0. The summed E-state index contributed by atoms with van der Waals surface area (Å²) in [6.07, 6.45) is 2.80. The van der Waals surface area contributed by atoms with Crippen LogP contribution in [-0.4, -0.2) is 64.5 Å². The van der Waals surface area contributed by atoms with E-state index in [2.05, 4.69) is 12.2 Å². The summed E-state index contributed by atoms with van der Waals surface area (Å²) in [5.41, 5.74) is 0. The van der Waals surface area contributed by atoms with E-state index >= 15 is 0 Å². The van der Waals surface area contributed by atoms with Gasteiger partial charge in [-0.3, -0.25) is 0 Å². The van der Waals surface area contributed by atoms with Crippen LogP contribution in [0.15, 0.2) is 0 Å². The number of rotatable bonds is 0. The van der Waals surface area contributed by atoms with E-state index < -0.39 is 0 Å². The molecule has 43 valence electrons. The Hall–Kier alpha value is 1.60. The Morgan fingerprint density at radius 3 is 2.50 bits per heavy atom. The summed E-state index contributed by atoms with van der Waals surface area (Å²) in [6, 6.07) is 0. The van der Waals surface area contributed by atoms with Crippen LogP contribution in [0.3, 0.4) is 0 Å². The van der Waals surface area contributed by atoms with Crippen molar-refractivity contribution >= 4 is 51.4 Å². The van der Waals surface area contributed by atoms with Gasteiger partial charge in [-0.25, -0.2) is 0 Å². The molecule has 0 amide bonds. The standard InChI is InChI=1S/C6H13N.K/c1-6-3-2-4-7-5-6;/h6-7H,2-5H2,1H3;. The Kier molecular flexibility index (Phi) is 6.46. The van der Waals surface area contributed by atoms with E-state index in [1.165, 1.54) is 25.9 Å². The zero-order valence-electron chi connectivity index (χ0n) is 5.91. The van der Waals surface area contributed by atoms with Crippen molar-refractivity contribution in [2.75, 3.05) is 13.1 Å². The van der Waals surface area contributed by atoms with Crippen molar-refractivity contribution < 1.29 is 0 Å². The molecule has 1 N–H and O–H groups in total. The summed E-state index contributed by atoms with van der Waals surface area (Å²) >= 11 is 0. The maximum Gasteiger partial charge on any atom is 0 e. The van der Waals surface area contributed by atoms with Crippen molar-refractivity contribution in [1.82, 2.24) is 5.32 Å². The van der Waals surface area contributed by atoms with Crippen LogP contribution in [0.1, 0.15) is 19.8 Å². The molecule has 1 aliphatic heterocycles. The summed E-state index contributed by atoms with van der Waals surface area (Å²) in [5.74, 6) is 0.925. The smallest absolute Gasteiger partial charge is 0 e. The number of hydrogen-bond donors (Lipinski definition) is 1. The van der Waals surface area contributed by atoms with Crippen LogP contribution >= 0.6 is 0 Å². The minimum Gasteiger partial charge on any atom is -0.316 e. The molecule has 0 aliphatic carbocycles. The Morgan fingerprint density at radius 1 is 1.50 bits per heavy atom. The molecule has 1 saturated heterocycles. The molecule has 8 heavy (non-hydrogen) atoms. The predicted octanol–water partition coefficient (Wildman–Crippen LogP) is 0.625. The minimum absolute atomic E-state index is 0. The van der Waals surface area contributed by atoms with Crippen molar-refractivity contribution in [2.24, 2.45) is 5.92 Å². The Bertz CT molecular complexity index is 50.5. The summed E-state index contributed by atoms with van der Waals surface area (Å²) < 4.78 is 0. The van der Waals surface area contributed by atoms with Crippen LogP contribution in [-0.2, 0) is 0 Å². The summed E-state index contributed by atoms with van der Waals surface area (Å²) in [4.78, 5) is 0. The molecule has 1 fully saturated rings. The van der Waals surface area contributed by atoms with E-state index in [4.69, 9.17) is 0 Å². The van der Waals surface area contributed by atoms with Gasteiger partial charge in [0.15, 0.2) is 0 Å². The third-order valence-corrected chi connectivity index (χ3v) is 1.54. The minimum atomic E-state index is 0. The SMILES string of the molecule is CC1CCCNC1.[K]. The molecular formula is C6H13KN. The first-order valence-electron chi connectivity index (χ1n) is 3.10. The molecule has 1 heterocycles. The third-order valence-electron chi connectivity index (χ3n) is 1.54. The van der Waals surface area contributed by atoms with E-state index in [1.807, 2.05) is 0 Å². The van der Waals surface area contributed by atoms with Crippen LogP contribution in [0, 0.1) is 5.92 Å². The quantitative estimate of drug-likeness (QED) is 0.484. The van der Waals surface area contributed by atoms with Gasteiger partial charge in [0.25, 0.3) is 0 Å². The average Bonchev–Trinajstić information content (AvgIpc) is 1.69. The molecule has 1 unspecified atom stereocenters. The second-order valence-electron chi connectivity index (χ2n) is 2.45. The van der Waals surface area contributed by atoms with Gasteiger partial charge in [-0.1, -0.05) is 6.92 Å². The van der Waals surface area contributed by atoms with Crippen molar-refractivity contribution in [3.8, 4) is 0 Å². The Morgan fingerprint density at radius 2 is 2.25 bits per heavy atom. The van der Waals surface area contributed by atoms with Gasteiger partial charge in [0.1, 0.15) is 0 Å². The zero-order chi connectivity index (χ0) is 5.11. The molecule has 1 aliphatic rings. The van der Waals surface area contributed by atoms with Crippen LogP contribution in [0.25, 0.3) is 0 Å². The monoisotopic (exact) mass is 138 g/mol. The number of nitrogens with one attached hydrogen (secondary N) is 1. The molecular weight excluding hydrogens is 125 g/mol. The molecule has 0 aromatic heterocycles. The van der Waals surface area contributed by atoms with E-state index in [9.17, 15) is 0 Å². The molecule has 0 bridgehead atoms. The Labute approximate surface area is 94.0 Å². The number of hydrogen-bond acceptors (Lipinski definition) is 1. The van der Waals surface area contributed by atoms with Crippen molar-refractivity contribution in [1.29, 1.82) is 0 Å². The molecule has 0 aromatic carbocycles. The van der Waals surface area contributed by atoms with Crippen LogP contribution in [0.4, 0.5) is 0 Å². The van der Waals surface area contributed by atoms with Crippen LogP contribution in [0.5, 0.6) is 0 Å². The first-order valence-corrected chi connectivity index (χ1v) is 3.10. The van der Waals surface area contributed by atoms with E-state index in [0.717, 1.165) is 5.92 Å². The van der Waals surface area contributed by atoms with Gasteiger partial charge in [-0.2, -0.15) is 0 Å². The molecule has 1 atom stereocenters. The summed E-state index contributed by atoms with van der Waals surface area (Å²) in [5, 5.41) is 3.33. The van der Waals surface area contributed by atoms with E-state index in [-0.39, 0.29) is 51.4 Å². The molecule has 0 aromatic rings. The summed E-state index contributed by atoms with van der Waals surface area (Å²) in [6.45, 7) is 4.77. The molecule has 1 nitrogen and oxygen atoms in total. The van der Waals surface area contributed by atoms with E-state index in [0.29, 0.717) is 0 Å². The van der Waals surface area contributed by atoms with Crippen molar-refractivity contribution in [2.45, 2.75) is 19.8 Å². The van der Waals surface area contributed by atoms with Gasteiger partial charge in [-0.05, 0) is 31.8 Å². The van der Waals surface area contributed by atoms with Gasteiger partial charge in [0, 0.05) is 51.4 Å². The predicted molar refractivity (Wildman–Crippen MR) is 37.0 cm³/mol. The normalized spacial score (nSPS) is 28.9. The zero-order valence-corrected chi connectivity index (χ0v) is 9.03. The second kappa shape index (κ2) is 5.39. The van der Waals surface area contributed by atoms with E-state index in [1.54, 1.807) is 0 Å². The number of piperidine rings is 1. The third kappa shape index (κ3) is 3.59. The fraction of sp³-hybridized carbons (Fsp3) is 1.00. The molecule has 0 saturated carbocycles. The average molecular weight is 138 g/mol. The molecule has 1 rings (SSSR count). The maximum atomic E-state index is 3.33.